The summed E-state index contributed by atoms with van der Waals surface area (Å²) in [5, 5.41) is 4.95. The maximum absolute atomic E-state index is 12.5. The van der Waals surface area contributed by atoms with Crippen LogP contribution >= 0.6 is 0 Å². The number of alkyl halides is 3. The molecule has 3 rings (SSSR count). The first kappa shape index (κ1) is 13.5. The van der Waals surface area contributed by atoms with Crippen molar-refractivity contribution in [1.29, 1.82) is 0 Å². The summed E-state index contributed by atoms with van der Waals surface area (Å²) in [7, 11) is 0. The molecule has 5 nitrogen and oxygen atoms in total. The van der Waals surface area contributed by atoms with E-state index in [1.807, 2.05) is 0 Å². The molecule has 8 heteroatoms. The average Bonchev–Trinajstić information content (AvgIpc) is 2.78. The number of nitrogens with one attached hydrogen (secondary N) is 2. The van der Waals surface area contributed by atoms with E-state index in [2.05, 4.69) is 10.6 Å². The van der Waals surface area contributed by atoms with Crippen molar-refractivity contribution in [3.05, 3.63) is 46.7 Å². The van der Waals surface area contributed by atoms with Crippen molar-refractivity contribution in [3.63, 3.8) is 0 Å². The molecule has 0 saturated carbocycles. The zero-order chi connectivity index (χ0) is 15.2. The van der Waals surface area contributed by atoms with Gasteiger partial charge in [0.25, 0.3) is 0 Å². The lowest BCUT2D eigenvalue weighted by Gasteiger charge is -2.24. The second-order valence-corrected chi connectivity index (χ2v) is 4.62. The largest absolute Gasteiger partial charge is 0.456 e. The van der Waals surface area contributed by atoms with Crippen LogP contribution in [-0.4, -0.2) is 18.6 Å². The van der Waals surface area contributed by atoms with Gasteiger partial charge in [0.2, 0.25) is 0 Å². The van der Waals surface area contributed by atoms with Gasteiger partial charge in [0.05, 0.1) is 22.9 Å². The van der Waals surface area contributed by atoms with Gasteiger partial charge in [-0.1, -0.05) is 12.1 Å². The van der Waals surface area contributed by atoms with Crippen LogP contribution in [-0.2, 0) is 15.7 Å². The summed E-state index contributed by atoms with van der Waals surface area (Å²) in [5.74, 6) is -0.595. The van der Waals surface area contributed by atoms with Gasteiger partial charge in [-0.3, -0.25) is 0 Å². The van der Waals surface area contributed by atoms with Crippen molar-refractivity contribution in [1.82, 2.24) is 10.6 Å². The third-order valence-corrected chi connectivity index (χ3v) is 3.29. The number of hydrogen-bond acceptors (Lipinski definition) is 3. The second-order valence-electron chi connectivity index (χ2n) is 4.62. The Morgan fingerprint density at radius 1 is 1.14 bits per heavy atom. The third kappa shape index (κ3) is 2.32. The summed E-state index contributed by atoms with van der Waals surface area (Å²) >= 11 is 0. The predicted molar refractivity (Wildman–Crippen MR) is 63.8 cm³/mol. The number of benzene rings is 1. The van der Waals surface area contributed by atoms with Crippen LogP contribution in [0.2, 0.25) is 0 Å². The smallest absolute Gasteiger partial charge is 0.416 e. The number of hydrogen-bond donors (Lipinski definition) is 2. The van der Waals surface area contributed by atoms with Gasteiger partial charge in [0.1, 0.15) is 6.61 Å². The minimum absolute atomic E-state index is 0.0429. The van der Waals surface area contributed by atoms with Crippen LogP contribution in [0.4, 0.5) is 18.0 Å². The van der Waals surface area contributed by atoms with E-state index in [0.29, 0.717) is 11.3 Å². The Kier molecular flexibility index (Phi) is 2.89. The number of urea groups is 1. The molecule has 0 aromatic heterocycles. The molecule has 2 aliphatic heterocycles. The first-order valence-corrected chi connectivity index (χ1v) is 6.01. The maximum atomic E-state index is 12.5. The highest BCUT2D eigenvalue weighted by Gasteiger charge is 2.38. The standard InChI is InChI=1S/C13H9F3N2O3/c14-13(15,16)7-3-1-6(2-4-7)10-9-8(5-21-11(9)19)17-12(20)18-10/h1-4,10H,5H2,(H2,17,18,20)/t10-/m1/s1. The topological polar surface area (TPSA) is 67.4 Å². The monoisotopic (exact) mass is 298 g/mol. The Morgan fingerprint density at radius 3 is 2.43 bits per heavy atom. The van der Waals surface area contributed by atoms with Crippen LogP contribution in [0.3, 0.4) is 0 Å². The molecule has 0 spiro atoms. The molecule has 2 aliphatic rings. The number of carbonyl (C=O) groups is 2. The van der Waals surface area contributed by atoms with Crippen LogP contribution in [0, 0.1) is 0 Å². The summed E-state index contributed by atoms with van der Waals surface area (Å²) in [5.41, 5.74) is 0.141. The van der Waals surface area contributed by atoms with Crippen LogP contribution in [0.15, 0.2) is 35.5 Å². The van der Waals surface area contributed by atoms with Gasteiger partial charge in [0.15, 0.2) is 0 Å². The number of rotatable bonds is 1. The molecule has 110 valence electrons. The summed E-state index contributed by atoms with van der Waals surface area (Å²) < 4.78 is 42.4. The highest BCUT2D eigenvalue weighted by molar-refractivity contribution is 5.97. The molecule has 1 aromatic rings. The molecular formula is C13H9F3N2O3. The zero-order valence-corrected chi connectivity index (χ0v) is 10.5. The average molecular weight is 298 g/mol. The van der Waals surface area contributed by atoms with Crippen molar-refractivity contribution >= 4 is 12.0 Å². The first-order chi connectivity index (χ1) is 9.86. The molecule has 0 bridgehead atoms. The number of carbonyl (C=O) groups excluding carboxylic acids is 2. The minimum Gasteiger partial charge on any atom is -0.456 e. The molecule has 0 aliphatic carbocycles. The minimum atomic E-state index is -4.44. The Bertz CT molecular complexity index is 650. The fourth-order valence-electron chi connectivity index (χ4n) is 2.30. The lowest BCUT2D eigenvalue weighted by atomic mass is 9.95. The fourth-order valence-corrected chi connectivity index (χ4v) is 2.30. The lowest BCUT2D eigenvalue weighted by Crippen LogP contribution is -2.44. The Morgan fingerprint density at radius 2 is 1.81 bits per heavy atom. The summed E-state index contributed by atoms with van der Waals surface area (Å²) in [6.07, 6.45) is -4.44. The molecule has 2 N–H and O–H groups in total. The summed E-state index contributed by atoms with van der Waals surface area (Å²) in [6, 6.07) is 2.93. The number of esters is 1. The van der Waals surface area contributed by atoms with Crippen molar-refractivity contribution in [2.75, 3.05) is 6.61 Å². The van der Waals surface area contributed by atoms with E-state index in [-0.39, 0.29) is 12.2 Å². The normalized spacial score (nSPS) is 21.6. The first-order valence-electron chi connectivity index (χ1n) is 6.01. The quantitative estimate of drug-likeness (QED) is 0.778. The highest BCUT2D eigenvalue weighted by atomic mass is 19.4. The zero-order valence-electron chi connectivity index (χ0n) is 10.5. The molecule has 2 amide bonds. The Labute approximate surface area is 116 Å². The number of cyclic esters (lactones) is 1. The van der Waals surface area contributed by atoms with E-state index >= 15 is 0 Å². The number of amides is 2. The molecule has 0 fully saturated rings. The van der Waals surface area contributed by atoms with E-state index in [9.17, 15) is 22.8 Å². The maximum Gasteiger partial charge on any atom is 0.416 e. The van der Waals surface area contributed by atoms with Crippen molar-refractivity contribution < 1.29 is 27.5 Å². The molecule has 0 saturated heterocycles. The third-order valence-electron chi connectivity index (χ3n) is 3.29. The van der Waals surface area contributed by atoms with Gasteiger partial charge in [-0.25, -0.2) is 9.59 Å². The molecule has 2 heterocycles. The molecule has 21 heavy (non-hydrogen) atoms. The second kappa shape index (κ2) is 4.51. The van der Waals surface area contributed by atoms with Crippen LogP contribution in [0.25, 0.3) is 0 Å². The Hall–Kier alpha value is -2.51. The molecule has 0 unspecified atom stereocenters. The van der Waals surface area contributed by atoms with Gasteiger partial charge in [-0.2, -0.15) is 13.2 Å². The van der Waals surface area contributed by atoms with Gasteiger partial charge in [-0.15, -0.1) is 0 Å². The van der Waals surface area contributed by atoms with E-state index in [0.717, 1.165) is 12.1 Å². The number of halogens is 3. The molecule has 1 atom stereocenters. The van der Waals surface area contributed by atoms with Crippen molar-refractivity contribution in [2.45, 2.75) is 12.2 Å². The molecular weight excluding hydrogens is 289 g/mol. The SMILES string of the molecule is O=C1NC2=C(C(=O)OC2)[C@@H](c2ccc(C(F)(F)F)cc2)N1. The molecule has 0 radical (unpaired) electrons. The summed E-state index contributed by atoms with van der Waals surface area (Å²) in [6.45, 7) is -0.0429. The van der Waals surface area contributed by atoms with Gasteiger partial charge < -0.3 is 15.4 Å². The molecule has 1 aromatic carbocycles. The van der Waals surface area contributed by atoms with Crippen molar-refractivity contribution in [2.24, 2.45) is 0 Å². The van der Waals surface area contributed by atoms with Gasteiger partial charge in [0, 0.05) is 0 Å². The Balaban J connectivity index is 1.97. The van der Waals surface area contributed by atoms with Crippen LogP contribution in [0.1, 0.15) is 17.2 Å². The lowest BCUT2D eigenvalue weighted by molar-refractivity contribution is -0.138. The van der Waals surface area contributed by atoms with Gasteiger partial charge in [-0.05, 0) is 17.7 Å². The highest BCUT2D eigenvalue weighted by Crippen LogP contribution is 2.34. The van der Waals surface area contributed by atoms with Crippen LogP contribution in [0.5, 0.6) is 0 Å². The van der Waals surface area contributed by atoms with Crippen LogP contribution < -0.4 is 10.6 Å². The van der Waals surface area contributed by atoms with Gasteiger partial charge >= 0.3 is 18.2 Å². The van der Waals surface area contributed by atoms with E-state index in [4.69, 9.17) is 4.74 Å². The van der Waals surface area contributed by atoms with E-state index in [1.54, 1.807) is 0 Å². The van der Waals surface area contributed by atoms with E-state index < -0.39 is 29.8 Å². The number of ether oxygens (including phenoxy) is 1. The van der Waals surface area contributed by atoms with E-state index in [1.165, 1.54) is 12.1 Å². The predicted octanol–water partition coefficient (Wildman–Crippen LogP) is 1.87. The summed E-state index contributed by atoms with van der Waals surface area (Å²) in [4.78, 5) is 23.2. The fraction of sp³-hybridized carbons (Fsp3) is 0.231. The van der Waals surface area contributed by atoms with Crippen molar-refractivity contribution in [3.8, 4) is 0 Å².